The molecule has 2 aromatic carbocycles. The van der Waals surface area contributed by atoms with E-state index in [2.05, 4.69) is 40.3 Å². The Bertz CT molecular complexity index is 935. The van der Waals surface area contributed by atoms with Crippen LogP contribution in [-0.4, -0.2) is 23.8 Å². The number of hydrogen-bond donors (Lipinski definition) is 1. The van der Waals surface area contributed by atoms with Crippen LogP contribution in [0.1, 0.15) is 18.9 Å². The molecule has 1 heterocycles. The highest BCUT2D eigenvalue weighted by Crippen LogP contribution is 2.22. The average molecular weight is 376 g/mol. The molecule has 0 fully saturated rings. The lowest BCUT2D eigenvalue weighted by molar-refractivity contribution is 0.866. The molecule has 0 amide bonds. The summed E-state index contributed by atoms with van der Waals surface area (Å²) in [6, 6.07) is 20.1. The molecule has 0 atom stereocenters. The molecular formula is C21H21N5S. The first kappa shape index (κ1) is 18.6. The fraction of sp³-hybridized carbons (Fsp3) is 0.190. The van der Waals surface area contributed by atoms with Gasteiger partial charge in [0.25, 0.3) is 0 Å². The minimum Gasteiger partial charge on any atom is -0.372 e. The Kier molecular flexibility index (Phi) is 6.18. The monoisotopic (exact) mass is 375 g/mol. The van der Waals surface area contributed by atoms with Crippen LogP contribution in [0.4, 0.5) is 11.4 Å². The second-order valence-electron chi connectivity index (χ2n) is 5.81. The van der Waals surface area contributed by atoms with Gasteiger partial charge in [0.2, 0.25) is 0 Å². The van der Waals surface area contributed by atoms with E-state index in [9.17, 15) is 5.26 Å². The second kappa shape index (κ2) is 8.97. The zero-order chi connectivity index (χ0) is 19.1. The Morgan fingerprint density at radius 2 is 1.81 bits per heavy atom. The number of thiazole rings is 1. The summed E-state index contributed by atoms with van der Waals surface area (Å²) in [6.07, 6.45) is 0. The molecule has 1 aromatic heterocycles. The molecule has 0 radical (unpaired) electrons. The van der Waals surface area contributed by atoms with Crippen molar-refractivity contribution in [1.29, 1.82) is 5.26 Å². The predicted octanol–water partition coefficient (Wildman–Crippen LogP) is 5.00. The SMILES string of the molecule is CCN(CC)c1ccc(N/N=C(\C#N)c2nc(-c3ccccc3)cs2)cc1. The van der Waals surface area contributed by atoms with E-state index in [1.54, 1.807) is 0 Å². The van der Waals surface area contributed by atoms with Crippen molar-refractivity contribution >= 4 is 28.4 Å². The molecule has 27 heavy (non-hydrogen) atoms. The topological polar surface area (TPSA) is 64.3 Å². The van der Waals surface area contributed by atoms with Crippen molar-refractivity contribution in [3.8, 4) is 17.3 Å². The number of benzene rings is 2. The average Bonchev–Trinajstić information content (AvgIpc) is 3.21. The molecule has 0 unspecified atom stereocenters. The van der Waals surface area contributed by atoms with Crippen LogP contribution in [0, 0.1) is 11.3 Å². The van der Waals surface area contributed by atoms with Crippen molar-refractivity contribution in [2.24, 2.45) is 5.10 Å². The zero-order valence-electron chi connectivity index (χ0n) is 15.4. The molecular weight excluding hydrogens is 354 g/mol. The normalized spacial score (nSPS) is 11.1. The third kappa shape index (κ3) is 4.52. The summed E-state index contributed by atoms with van der Waals surface area (Å²) in [5.41, 5.74) is 7.11. The number of rotatable bonds is 7. The lowest BCUT2D eigenvalue weighted by Crippen LogP contribution is -2.21. The van der Waals surface area contributed by atoms with E-state index < -0.39 is 0 Å². The van der Waals surface area contributed by atoms with Gasteiger partial charge in [0.1, 0.15) is 6.07 Å². The first-order valence-corrected chi connectivity index (χ1v) is 9.73. The molecule has 0 spiro atoms. The molecule has 0 bridgehead atoms. The third-order valence-corrected chi connectivity index (χ3v) is 5.02. The van der Waals surface area contributed by atoms with Crippen LogP contribution in [0.25, 0.3) is 11.3 Å². The molecule has 0 aliphatic rings. The highest BCUT2D eigenvalue weighted by atomic mass is 32.1. The Labute approximate surface area is 163 Å². The highest BCUT2D eigenvalue weighted by molar-refractivity contribution is 7.12. The molecule has 0 saturated heterocycles. The van der Waals surface area contributed by atoms with E-state index in [-0.39, 0.29) is 5.71 Å². The Morgan fingerprint density at radius 3 is 2.44 bits per heavy atom. The summed E-state index contributed by atoms with van der Waals surface area (Å²) >= 11 is 1.41. The van der Waals surface area contributed by atoms with Crippen LogP contribution in [0.3, 0.4) is 0 Å². The van der Waals surface area contributed by atoms with Crippen molar-refractivity contribution in [2.45, 2.75) is 13.8 Å². The van der Waals surface area contributed by atoms with Crippen LogP contribution in [-0.2, 0) is 0 Å². The molecule has 3 rings (SSSR count). The highest BCUT2D eigenvalue weighted by Gasteiger charge is 2.10. The molecule has 1 N–H and O–H groups in total. The maximum Gasteiger partial charge on any atom is 0.196 e. The number of nitrogens with one attached hydrogen (secondary N) is 1. The van der Waals surface area contributed by atoms with Gasteiger partial charge in [-0.1, -0.05) is 30.3 Å². The predicted molar refractivity (Wildman–Crippen MR) is 113 cm³/mol. The van der Waals surface area contributed by atoms with Crippen LogP contribution in [0.15, 0.2) is 65.1 Å². The second-order valence-corrected chi connectivity index (χ2v) is 6.67. The van der Waals surface area contributed by atoms with Crippen LogP contribution < -0.4 is 10.3 Å². The molecule has 3 aromatic rings. The minimum atomic E-state index is 0.273. The first-order valence-electron chi connectivity index (χ1n) is 8.85. The molecule has 0 aliphatic heterocycles. The number of hydrogen-bond acceptors (Lipinski definition) is 6. The van der Waals surface area contributed by atoms with Gasteiger partial charge in [-0.15, -0.1) is 11.3 Å². The first-order chi connectivity index (χ1) is 13.2. The van der Waals surface area contributed by atoms with Crippen molar-refractivity contribution in [2.75, 3.05) is 23.4 Å². The van der Waals surface area contributed by atoms with Gasteiger partial charge < -0.3 is 4.90 Å². The minimum absolute atomic E-state index is 0.273. The van der Waals surface area contributed by atoms with Crippen LogP contribution in [0.5, 0.6) is 0 Å². The number of nitrogens with zero attached hydrogens (tertiary/aromatic N) is 4. The van der Waals surface area contributed by atoms with E-state index in [1.807, 2.05) is 60.0 Å². The van der Waals surface area contributed by atoms with Crippen molar-refractivity contribution in [3.63, 3.8) is 0 Å². The molecule has 6 heteroatoms. The van der Waals surface area contributed by atoms with Gasteiger partial charge in [-0.05, 0) is 38.1 Å². The summed E-state index contributed by atoms with van der Waals surface area (Å²) in [5.74, 6) is 0. The zero-order valence-corrected chi connectivity index (χ0v) is 16.2. The van der Waals surface area contributed by atoms with Crippen molar-refractivity contribution in [3.05, 3.63) is 65.0 Å². The van der Waals surface area contributed by atoms with Crippen molar-refractivity contribution < 1.29 is 0 Å². The largest absolute Gasteiger partial charge is 0.372 e. The molecule has 0 saturated carbocycles. The summed E-state index contributed by atoms with van der Waals surface area (Å²) in [4.78, 5) is 6.81. The van der Waals surface area contributed by atoms with E-state index in [0.29, 0.717) is 5.01 Å². The molecule has 136 valence electrons. The Hall–Kier alpha value is -3.17. The van der Waals surface area contributed by atoms with Crippen LogP contribution in [0.2, 0.25) is 0 Å². The Balaban J connectivity index is 1.74. The summed E-state index contributed by atoms with van der Waals surface area (Å²) < 4.78 is 0. The number of anilines is 2. The molecule has 5 nitrogen and oxygen atoms in total. The fourth-order valence-corrected chi connectivity index (χ4v) is 3.47. The van der Waals surface area contributed by atoms with Crippen molar-refractivity contribution in [1.82, 2.24) is 4.98 Å². The lowest BCUT2D eigenvalue weighted by Gasteiger charge is -2.21. The van der Waals surface area contributed by atoms with Gasteiger partial charge in [-0.25, -0.2) is 4.98 Å². The number of aromatic nitrogens is 1. The van der Waals surface area contributed by atoms with E-state index in [1.165, 1.54) is 17.0 Å². The summed E-state index contributed by atoms with van der Waals surface area (Å²) in [6.45, 7) is 6.20. The van der Waals surface area contributed by atoms with Gasteiger partial charge in [-0.2, -0.15) is 10.4 Å². The number of nitriles is 1. The Morgan fingerprint density at radius 1 is 1.11 bits per heavy atom. The van der Waals surface area contributed by atoms with Gasteiger partial charge in [-0.3, -0.25) is 5.43 Å². The fourth-order valence-electron chi connectivity index (χ4n) is 2.70. The molecule has 0 aliphatic carbocycles. The summed E-state index contributed by atoms with van der Waals surface area (Å²) in [5, 5.41) is 16.2. The number of hydrazone groups is 1. The van der Waals surface area contributed by atoms with Gasteiger partial charge in [0.05, 0.1) is 11.4 Å². The standard InChI is InChI=1S/C21H21N5S/c1-3-26(4-2)18-12-10-17(11-13-18)24-25-19(14-22)21-23-20(15-27-21)16-8-6-5-7-9-16/h5-13,15,24H,3-4H2,1-2H3/b25-19+. The van der Waals surface area contributed by atoms with Gasteiger partial charge in [0.15, 0.2) is 10.7 Å². The quantitative estimate of drug-likeness (QED) is 0.466. The lowest BCUT2D eigenvalue weighted by atomic mass is 10.2. The van der Waals surface area contributed by atoms with Gasteiger partial charge in [0, 0.05) is 29.7 Å². The maximum atomic E-state index is 9.46. The summed E-state index contributed by atoms with van der Waals surface area (Å²) in [7, 11) is 0. The van der Waals surface area contributed by atoms with Crippen LogP contribution >= 0.6 is 11.3 Å². The van der Waals surface area contributed by atoms with Gasteiger partial charge >= 0.3 is 0 Å². The smallest absolute Gasteiger partial charge is 0.196 e. The van der Waals surface area contributed by atoms with E-state index >= 15 is 0 Å². The van der Waals surface area contributed by atoms with E-state index in [4.69, 9.17) is 0 Å². The third-order valence-electron chi connectivity index (χ3n) is 4.17. The maximum absolute atomic E-state index is 9.46. The van der Waals surface area contributed by atoms with E-state index in [0.717, 1.165) is 30.0 Å².